The lowest BCUT2D eigenvalue weighted by Gasteiger charge is -2.25. The van der Waals surface area contributed by atoms with Crippen LogP contribution in [0.4, 0.5) is 5.82 Å². The summed E-state index contributed by atoms with van der Waals surface area (Å²) in [6.45, 7) is 3.06. The second-order valence-corrected chi connectivity index (χ2v) is 7.96. The van der Waals surface area contributed by atoms with Crippen molar-refractivity contribution in [3.05, 3.63) is 66.4 Å². The average molecular weight is 415 g/mol. The summed E-state index contributed by atoms with van der Waals surface area (Å²) in [5.74, 6) is 1.71. The summed E-state index contributed by atoms with van der Waals surface area (Å²) in [7, 11) is 1.67. The number of nitrogens with zero attached hydrogens (tertiary/aromatic N) is 4. The third-order valence-corrected chi connectivity index (χ3v) is 6.08. The summed E-state index contributed by atoms with van der Waals surface area (Å²) in [5, 5.41) is 14.8. The van der Waals surface area contributed by atoms with Crippen molar-refractivity contribution in [1.82, 2.24) is 14.6 Å². The fraction of sp³-hybridized carbons (Fsp3) is 0.280. The van der Waals surface area contributed by atoms with Crippen molar-refractivity contribution in [1.29, 1.82) is 0 Å². The van der Waals surface area contributed by atoms with Crippen molar-refractivity contribution in [3.8, 4) is 28.1 Å². The van der Waals surface area contributed by atoms with E-state index in [1.165, 1.54) is 0 Å². The minimum Gasteiger partial charge on any atom is -0.497 e. The van der Waals surface area contributed by atoms with Crippen LogP contribution in [0.25, 0.3) is 28.0 Å². The highest BCUT2D eigenvalue weighted by atomic mass is 16.5. The number of rotatable bonds is 5. The van der Waals surface area contributed by atoms with E-state index in [1.807, 2.05) is 53.9 Å². The Labute approximate surface area is 181 Å². The topological polar surface area (TPSA) is 62.9 Å². The van der Waals surface area contributed by atoms with E-state index in [0.29, 0.717) is 0 Å². The first-order valence-corrected chi connectivity index (χ1v) is 10.7. The van der Waals surface area contributed by atoms with Crippen LogP contribution in [0.2, 0.25) is 0 Å². The Balaban J connectivity index is 1.75. The zero-order valence-electron chi connectivity index (χ0n) is 17.8. The molecule has 0 saturated carbocycles. The second kappa shape index (κ2) is 8.04. The number of fused-ring (bicyclic) bond motifs is 1. The van der Waals surface area contributed by atoms with Gasteiger partial charge in [-0.2, -0.15) is 5.10 Å². The number of aliphatic hydroxyl groups is 1. The smallest absolute Gasteiger partial charge is 0.166 e. The molecule has 5 rings (SSSR count). The molecule has 2 aromatic heterocycles. The summed E-state index contributed by atoms with van der Waals surface area (Å²) in [6, 6.07) is 20.5. The molecule has 1 unspecified atom stereocenters. The van der Waals surface area contributed by atoms with Gasteiger partial charge in [0.15, 0.2) is 5.65 Å². The summed E-state index contributed by atoms with van der Waals surface area (Å²) in [5.41, 5.74) is 5.89. The van der Waals surface area contributed by atoms with E-state index >= 15 is 0 Å². The maximum atomic E-state index is 9.88. The maximum absolute atomic E-state index is 9.88. The van der Waals surface area contributed by atoms with Crippen LogP contribution < -0.4 is 9.64 Å². The molecule has 4 aromatic rings. The highest BCUT2D eigenvalue weighted by Crippen LogP contribution is 2.35. The third kappa shape index (κ3) is 3.43. The molecule has 3 heterocycles. The van der Waals surface area contributed by atoms with Gasteiger partial charge in [0.2, 0.25) is 0 Å². The van der Waals surface area contributed by atoms with E-state index in [1.54, 1.807) is 7.11 Å². The highest BCUT2D eigenvalue weighted by molar-refractivity contribution is 5.83. The normalized spacial score (nSPS) is 16.2. The van der Waals surface area contributed by atoms with Gasteiger partial charge in [-0.05, 0) is 37.5 Å². The number of ether oxygens (including phenoxy) is 1. The van der Waals surface area contributed by atoms with Crippen LogP contribution in [0.3, 0.4) is 0 Å². The molecule has 6 nitrogen and oxygen atoms in total. The van der Waals surface area contributed by atoms with Crippen molar-refractivity contribution < 1.29 is 9.84 Å². The lowest BCUT2D eigenvalue weighted by Crippen LogP contribution is -2.32. The van der Waals surface area contributed by atoms with Crippen molar-refractivity contribution >= 4 is 11.5 Å². The summed E-state index contributed by atoms with van der Waals surface area (Å²) < 4.78 is 7.27. The largest absolute Gasteiger partial charge is 0.497 e. The number of methoxy groups -OCH3 is 1. The van der Waals surface area contributed by atoms with E-state index in [-0.39, 0.29) is 12.6 Å². The molecule has 2 aromatic carbocycles. The van der Waals surface area contributed by atoms with Gasteiger partial charge in [0.25, 0.3) is 0 Å². The predicted octanol–water partition coefficient (Wildman–Crippen LogP) is 4.34. The van der Waals surface area contributed by atoms with Gasteiger partial charge in [-0.1, -0.05) is 42.5 Å². The Morgan fingerprint density at radius 2 is 1.84 bits per heavy atom. The first-order valence-electron chi connectivity index (χ1n) is 10.7. The van der Waals surface area contributed by atoms with Crippen LogP contribution in [0.1, 0.15) is 18.5 Å². The van der Waals surface area contributed by atoms with Crippen molar-refractivity contribution in [2.75, 3.05) is 25.2 Å². The third-order valence-electron chi connectivity index (χ3n) is 6.08. The van der Waals surface area contributed by atoms with Gasteiger partial charge < -0.3 is 14.7 Å². The minimum absolute atomic E-state index is 0.104. The fourth-order valence-corrected chi connectivity index (χ4v) is 4.49. The van der Waals surface area contributed by atoms with Gasteiger partial charge >= 0.3 is 0 Å². The lowest BCUT2D eigenvalue weighted by molar-refractivity contribution is 0.266. The molecule has 0 radical (unpaired) electrons. The maximum Gasteiger partial charge on any atom is 0.166 e. The van der Waals surface area contributed by atoms with Crippen LogP contribution in [0, 0.1) is 6.92 Å². The number of aryl methyl sites for hydroxylation is 1. The zero-order chi connectivity index (χ0) is 21.4. The number of benzene rings is 2. The Kier molecular flexibility index (Phi) is 5.08. The number of hydrogen-bond donors (Lipinski definition) is 1. The molecule has 0 bridgehead atoms. The quantitative estimate of drug-likeness (QED) is 0.526. The molecule has 1 aliphatic heterocycles. The molecule has 6 heteroatoms. The standard InChI is InChI=1S/C25H26N4O2/c1-17-24(19-10-12-21(31-2)13-11-19)25-26-23(28-14-6-9-20(28)16-30)15-22(29(25)27-17)18-7-4-3-5-8-18/h3-5,7-8,10-13,15,20,30H,6,9,14,16H2,1-2H3. The van der Waals surface area contributed by atoms with Gasteiger partial charge in [0.05, 0.1) is 31.1 Å². The summed E-state index contributed by atoms with van der Waals surface area (Å²) >= 11 is 0. The zero-order valence-corrected chi connectivity index (χ0v) is 17.8. The first kappa shape index (κ1) is 19.6. The monoisotopic (exact) mass is 414 g/mol. The van der Waals surface area contributed by atoms with Crippen LogP contribution in [-0.4, -0.2) is 46.0 Å². The van der Waals surface area contributed by atoms with Gasteiger partial charge in [0.1, 0.15) is 11.6 Å². The molecule has 1 aliphatic rings. The molecule has 1 saturated heterocycles. The van der Waals surface area contributed by atoms with E-state index < -0.39 is 0 Å². The van der Waals surface area contributed by atoms with Crippen molar-refractivity contribution in [2.24, 2.45) is 0 Å². The Hall–Kier alpha value is -3.38. The van der Waals surface area contributed by atoms with E-state index in [9.17, 15) is 5.11 Å². The summed E-state index contributed by atoms with van der Waals surface area (Å²) in [6.07, 6.45) is 2.04. The molecule has 0 aliphatic carbocycles. The number of anilines is 1. The molecule has 1 fully saturated rings. The SMILES string of the molecule is COc1ccc(-c2c(C)nn3c(-c4ccccc4)cc(N4CCCC4CO)nc23)cc1. The number of hydrogen-bond acceptors (Lipinski definition) is 5. The molecule has 1 atom stereocenters. The van der Waals surface area contributed by atoms with Crippen LogP contribution in [0.15, 0.2) is 60.7 Å². The molecule has 0 amide bonds. The highest BCUT2D eigenvalue weighted by Gasteiger charge is 2.27. The average Bonchev–Trinajstić information content (AvgIpc) is 3.42. The van der Waals surface area contributed by atoms with Gasteiger partial charge in [-0.25, -0.2) is 9.50 Å². The fourth-order valence-electron chi connectivity index (χ4n) is 4.49. The van der Waals surface area contributed by atoms with Gasteiger partial charge in [0, 0.05) is 23.7 Å². The van der Waals surface area contributed by atoms with Gasteiger partial charge in [-0.3, -0.25) is 0 Å². The van der Waals surface area contributed by atoms with Crippen molar-refractivity contribution in [3.63, 3.8) is 0 Å². The first-order chi connectivity index (χ1) is 15.2. The lowest BCUT2D eigenvalue weighted by atomic mass is 10.1. The molecule has 1 N–H and O–H groups in total. The Morgan fingerprint density at radius 3 is 2.55 bits per heavy atom. The minimum atomic E-state index is 0.104. The second-order valence-electron chi connectivity index (χ2n) is 7.96. The molecule has 31 heavy (non-hydrogen) atoms. The van der Waals surface area contributed by atoms with E-state index in [0.717, 1.165) is 64.7 Å². The predicted molar refractivity (Wildman–Crippen MR) is 123 cm³/mol. The van der Waals surface area contributed by atoms with Crippen LogP contribution in [-0.2, 0) is 0 Å². The Morgan fingerprint density at radius 1 is 1.06 bits per heavy atom. The molecular formula is C25H26N4O2. The Bertz CT molecular complexity index is 1200. The van der Waals surface area contributed by atoms with E-state index in [4.69, 9.17) is 14.8 Å². The molecule has 0 spiro atoms. The summed E-state index contributed by atoms with van der Waals surface area (Å²) in [4.78, 5) is 7.29. The van der Waals surface area contributed by atoms with Crippen molar-refractivity contribution in [2.45, 2.75) is 25.8 Å². The number of aromatic nitrogens is 3. The van der Waals surface area contributed by atoms with Gasteiger partial charge in [-0.15, -0.1) is 0 Å². The number of aliphatic hydroxyl groups excluding tert-OH is 1. The van der Waals surface area contributed by atoms with Crippen LogP contribution >= 0.6 is 0 Å². The van der Waals surface area contributed by atoms with E-state index in [2.05, 4.69) is 23.1 Å². The van der Waals surface area contributed by atoms with Crippen LogP contribution in [0.5, 0.6) is 5.75 Å². The molecular weight excluding hydrogens is 388 g/mol. The molecule has 158 valence electrons.